The largest absolute Gasteiger partial charge is 0.383 e. The van der Waals surface area contributed by atoms with E-state index in [1.165, 1.54) is 0 Å². The van der Waals surface area contributed by atoms with Gasteiger partial charge in [0.15, 0.2) is 0 Å². The van der Waals surface area contributed by atoms with Crippen molar-refractivity contribution < 1.29 is 39.5 Å². The summed E-state index contributed by atoms with van der Waals surface area (Å²) in [5.41, 5.74) is 0. The molecule has 0 fully saturated rings. The van der Waals surface area contributed by atoms with Crippen LogP contribution < -0.4 is 0 Å². The molecule has 0 aliphatic heterocycles. The van der Waals surface area contributed by atoms with E-state index in [0.717, 1.165) is 0 Å². The molecule has 0 heterocycles. The predicted octanol–water partition coefficient (Wildman–Crippen LogP) is 4.26. The van der Waals surface area contributed by atoms with Crippen molar-refractivity contribution in [3.8, 4) is 0 Å². The fourth-order valence-corrected chi connectivity index (χ4v) is 0.762. The van der Waals surface area contributed by atoms with Gasteiger partial charge in [-0.1, -0.05) is 23.2 Å². The van der Waals surface area contributed by atoms with Gasteiger partial charge in [0.05, 0.1) is 0 Å². The standard InChI is InChI=1S/C5HCl2F9/c6-5(7,16)4(14,15)3(12,13)2(10,11)1(8)9/h1H. The molecule has 0 atom stereocenters. The van der Waals surface area contributed by atoms with E-state index in [2.05, 4.69) is 23.2 Å². The summed E-state index contributed by atoms with van der Waals surface area (Å²) in [6, 6.07) is 0. The van der Waals surface area contributed by atoms with Crippen molar-refractivity contribution in [3.63, 3.8) is 0 Å². The van der Waals surface area contributed by atoms with E-state index in [4.69, 9.17) is 0 Å². The summed E-state index contributed by atoms with van der Waals surface area (Å²) in [4.78, 5) is 0. The van der Waals surface area contributed by atoms with Crippen molar-refractivity contribution in [2.75, 3.05) is 0 Å². The monoisotopic (exact) mass is 302 g/mol. The Kier molecular flexibility index (Phi) is 3.99. The third kappa shape index (κ3) is 2.15. The molecule has 0 aliphatic carbocycles. The highest BCUT2D eigenvalue weighted by Crippen LogP contribution is 2.56. The molecule has 11 heteroatoms. The average molecular weight is 303 g/mol. The molecule has 0 amide bonds. The van der Waals surface area contributed by atoms with Crippen LogP contribution in [0, 0.1) is 0 Å². The number of halogens is 11. The van der Waals surface area contributed by atoms with Gasteiger partial charge in [0.2, 0.25) is 0 Å². The number of alkyl halides is 11. The Hall–Kier alpha value is -0.0500. The molecule has 0 saturated carbocycles. The van der Waals surface area contributed by atoms with Gasteiger partial charge in [0, 0.05) is 0 Å². The van der Waals surface area contributed by atoms with Crippen molar-refractivity contribution in [1.82, 2.24) is 0 Å². The third-order valence-electron chi connectivity index (χ3n) is 1.44. The summed E-state index contributed by atoms with van der Waals surface area (Å²) in [6.45, 7) is 0. The minimum atomic E-state index is -6.76. The van der Waals surface area contributed by atoms with Crippen LogP contribution in [0.5, 0.6) is 0 Å². The molecule has 98 valence electrons. The molecule has 0 aromatic heterocycles. The molecule has 0 aliphatic rings. The van der Waals surface area contributed by atoms with Crippen LogP contribution in [0.3, 0.4) is 0 Å². The number of hydrogen-bond donors (Lipinski definition) is 0. The summed E-state index contributed by atoms with van der Waals surface area (Å²) in [5, 5.41) is 0. The second-order valence-electron chi connectivity index (χ2n) is 2.57. The molecule has 16 heavy (non-hydrogen) atoms. The van der Waals surface area contributed by atoms with Crippen LogP contribution in [0.2, 0.25) is 0 Å². The maximum absolute atomic E-state index is 12.4. The summed E-state index contributed by atoms with van der Waals surface area (Å²) in [7, 11) is 0. The Morgan fingerprint density at radius 1 is 0.688 bits per heavy atom. The highest BCUT2D eigenvalue weighted by Gasteiger charge is 2.81. The quantitative estimate of drug-likeness (QED) is 0.538. The maximum Gasteiger partial charge on any atom is 0.383 e. The second-order valence-corrected chi connectivity index (χ2v) is 3.81. The first-order valence-electron chi connectivity index (χ1n) is 3.18. The van der Waals surface area contributed by atoms with E-state index in [1.807, 2.05) is 0 Å². The zero-order chi connectivity index (χ0) is 13.6. The molecule has 0 aromatic rings. The first-order chi connectivity index (χ1) is 6.69. The fraction of sp³-hybridized carbons (Fsp3) is 1.00. The van der Waals surface area contributed by atoms with Crippen molar-refractivity contribution in [3.05, 3.63) is 0 Å². The zero-order valence-corrected chi connectivity index (χ0v) is 8.25. The lowest BCUT2D eigenvalue weighted by Gasteiger charge is -2.34. The zero-order valence-electron chi connectivity index (χ0n) is 6.73. The Bertz CT molecular complexity index is 255. The normalized spacial score (nSPS) is 15.8. The average Bonchev–Trinajstić information content (AvgIpc) is 2.00. The smallest absolute Gasteiger partial charge is 0.203 e. The third-order valence-corrected chi connectivity index (χ3v) is 1.92. The van der Waals surface area contributed by atoms with Crippen molar-refractivity contribution in [2.24, 2.45) is 0 Å². The Morgan fingerprint density at radius 3 is 1.19 bits per heavy atom. The molecule has 0 spiro atoms. The van der Waals surface area contributed by atoms with Crippen molar-refractivity contribution in [2.45, 2.75) is 28.8 Å². The molecule has 0 bridgehead atoms. The van der Waals surface area contributed by atoms with Crippen LogP contribution in [0.25, 0.3) is 0 Å². The topological polar surface area (TPSA) is 0 Å². The summed E-state index contributed by atoms with van der Waals surface area (Å²) in [5.74, 6) is -19.6. The lowest BCUT2D eigenvalue weighted by atomic mass is 10.1. The molecule has 0 nitrogen and oxygen atoms in total. The second kappa shape index (κ2) is 4.01. The van der Waals surface area contributed by atoms with Crippen LogP contribution in [-0.2, 0) is 0 Å². The van der Waals surface area contributed by atoms with Crippen LogP contribution in [0.4, 0.5) is 39.5 Å². The lowest BCUT2D eigenvalue weighted by Crippen LogP contribution is -2.62. The summed E-state index contributed by atoms with van der Waals surface area (Å²) in [6.07, 6.45) is -5.15. The Balaban J connectivity index is 5.53. The highest BCUT2D eigenvalue weighted by atomic mass is 35.5. The Labute approximate surface area is 92.3 Å². The van der Waals surface area contributed by atoms with E-state index >= 15 is 0 Å². The lowest BCUT2D eigenvalue weighted by molar-refractivity contribution is -0.348. The van der Waals surface area contributed by atoms with E-state index in [1.54, 1.807) is 0 Å². The van der Waals surface area contributed by atoms with Crippen molar-refractivity contribution in [1.29, 1.82) is 0 Å². The van der Waals surface area contributed by atoms with Crippen molar-refractivity contribution >= 4 is 23.2 Å². The minimum Gasteiger partial charge on any atom is -0.203 e. The number of hydrogen-bond acceptors (Lipinski definition) is 0. The molecule has 0 N–H and O–H groups in total. The molecule has 0 rings (SSSR count). The first-order valence-corrected chi connectivity index (χ1v) is 3.93. The Morgan fingerprint density at radius 2 is 1.00 bits per heavy atom. The summed E-state index contributed by atoms with van der Waals surface area (Å²) >= 11 is 7.82. The van der Waals surface area contributed by atoms with Gasteiger partial charge >= 0.3 is 28.8 Å². The first kappa shape index (κ1) is 16.0. The molecule has 0 aromatic carbocycles. The molecular formula is C5HCl2F9. The predicted molar refractivity (Wildman–Crippen MR) is 36.4 cm³/mol. The summed E-state index contributed by atoms with van der Waals surface area (Å²) < 4.78 is 104. The highest BCUT2D eigenvalue weighted by molar-refractivity contribution is 6.47. The van der Waals surface area contributed by atoms with Gasteiger partial charge in [-0.05, 0) is 0 Å². The molecule has 0 radical (unpaired) electrons. The van der Waals surface area contributed by atoms with E-state index < -0.39 is 28.8 Å². The van der Waals surface area contributed by atoms with Gasteiger partial charge in [0.25, 0.3) is 0 Å². The fourth-order valence-electron chi connectivity index (χ4n) is 0.524. The van der Waals surface area contributed by atoms with E-state index in [9.17, 15) is 39.5 Å². The van der Waals surface area contributed by atoms with Gasteiger partial charge in [-0.2, -0.15) is 26.3 Å². The molecule has 0 unspecified atom stereocenters. The van der Waals surface area contributed by atoms with Gasteiger partial charge < -0.3 is 0 Å². The number of rotatable bonds is 4. The van der Waals surface area contributed by atoms with Crippen LogP contribution in [-0.4, -0.2) is 28.8 Å². The van der Waals surface area contributed by atoms with Gasteiger partial charge in [-0.15, -0.1) is 0 Å². The van der Waals surface area contributed by atoms with Crippen LogP contribution in [0.15, 0.2) is 0 Å². The van der Waals surface area contributed by atoms with Gasteiger partial charge in [-0.3, -0.25) is 0 Å². The van der Waals surface area contributed by atoms with Gasteiger partial charge in [0.1, 0.15) is 0 Å². The van der Waals surface area contributed by atoms with Crippen LogP contribution in [0.1, 0.15) is 0 Å². The SMILES string of the molecule is FC(F)C(F)(F)C(F)(F)C(F)(F)C(F)(Cl)Cl. The molecule has 0 saturated heterocycles. The van der Waals surface area contributed by atoms with Gasteiger partial charge in [-0.25, -0.2) is 13.2 Å². The van der Waals surface area contributed by atoms with E-state index in [-0.39, 0.29) is 0 Å². The maximum atomic E-state index is 12.4. The molecular weight excluding hydrogens is 302 g/mol. The van der Waals surface area contributed by atoms with E-state index in [0.29, 0.717) is 0 Å². The minimum absolute atomic E-state index is 3.91. The van der Waals surface area contributed by atoms with Crippen LogP contribution >= 0.6 is 23.2 Å².